The first-order chi connectivity index (χ1) is 14.5. The predicted molar refractivity (Wildman–Crippen MR) is 119 cm³/mol. The van der Waals surface area contributed by atoms with Gasteiger partial charge in [0.15, 0.2) is 0 Å². The third-order valence-electron chi connectivity index (χ3n) is 4.54. The Hall–Kier alpha value is -3.78. The molecule has 4 rings (SSSR count). The van der Waals surface area contributed by atoms with E-state index >= 15 is 0 Å². The molecule has 0 saturated heterocycles. The number of hydrogen-bond donors (Lipinski definition) is 1. The van der Waals surface area contributed by atoms with Crippen LogP contribution in [-0.2, 0) is 0 Å². The van der Waals surface area contributed by atoms with Gasteiger partial charge in [0.05, 0.1) is 16.8 Å². The van der Waals surface area contributed by atoms with Crippen LogP contribution >= 0.6 is 11.3 Å². The summed E-state index contributed by atoms with van der Waals surface area (Å²) in [6.45, 7) is 3.54. The van der Waals surface area contributed by atoms with Crippen molar-refractivity contribution in [3.8, 4) is 22.6 Å². The van der Waals surface area contributed by atoms with Gasteiger partial charge in [-0.3, -0.25) is 15.5 Å². The summed E-state index contributed by atoms with van der Waals surface area (Å²) in [6, 6.07) is 16.9. The molecule has 7 nitrogen and oxygen atoms in total. The van der Waals surface area contributed by atoms with Gasteiger partial charge in [-0.25, -0.2) is 4.98 Å². The van der Waals surface area contributed by atoms with Gasteiger partial charge in [-0.05, 0) is 37.6 Å². The molecule has 0 aliphatic carbocycles. The lowest BCUT2D eigenvalue weighted by Crippen LogP contribution is -1.95. The topological polar surface area (TPSA) is 93.6 Å². The molecule has 0 saturated carbocycles. The van der Waals surface area contributed by atoms with Crippen LogP contribution in [-0.4, -0.2) is 16.1 Å². The number of nitro benzene ring substituents is 1. The number of aromatic nitrogens is 1. The Labute approximate surface area is 176 Å². The monoisotopic (exact) mass is 418 g/mol. The van der Waals surface area contributed by atoms with Gasteiger partial charge in [0.1, 0.15) is 11.5 Å². The van der Waals surface area contributed by atoms with E-state index in [4.69, 9.17) is 4.42 Å². The van der Waals surface area contributed by atoms with Crippen molar-refractivity contribution < 1.29 is 9.34 Å². The lowest BCUT2D eigenvalue weighted by Gasteiger charge is -2.05. The first-order valence-electron chi connectivity index (χ1n) is 9.17. The third-order valence-corrected chi connectivity index (χ3v) is 5.29. The highest BCUT2D eigenvalue weighted by Gasteiger charge is 2.18. The highest BCUT2D eigenvalue weighted by atomic mass is 32.1. The lowest BCUT2D eigenvalue weighted by atomic mass is 10.0. The van der Waals surface area contributed by atoms with Crippen LogP contribution in [0.5, 0.6) is 0 Å². The minimum absolute atomic E-state index is 0.0799. The van der Waals surface area contributed by atoms with Gasteiger partial charge in [-0.15, -0.1) is 11.3 Å². The molecule has 0 atom stereocenters. The van der Waals surface area contributed by atoms with Gasteiger partial charge in [-0.2, -0.15) is 5.10 Å². The van der Waals surface area contributed by atoms with Crippen LogP contribution < -0.4 is 5.43 Å². The van der Waals surface area contributed by atoms with Crippen LogP contribution in [0.3, 0.4) is 0 Å². The van der Waals surface area contributed by atoms with Crippen molar-refractivity contribution in [2.45, 2.75) is 13.8 Å². The molecule has 0 aliphatic rings. The van der Waals surface area contributed by atoms with Gasteiger partial charge >= 0.3 is 0 Å². The molecule has 0 radical (unpaired) electrons. The number of nitrogens with zero attached hydrogens (tertiary/aromatic N) is 3. The summed E-state index contributed by atoms with van der Waals surface area (Å²) in [6.07, 6.45) is 1.55. The molecule has 0 unspecified atom stereocenters. The van der Waals surface area contributed by atoms with E-state index in [-0.39, 0.29) is 10.6 Å². The van der Waals surface area contributed by atoms with Crippen molar-refractivity contribution in [1.82, 2.24) is 4.98 Å². The zero-order valence-electron chi connectivity index (χ0n) is 16.3. The quantitative estimate of drug-likeness (QED) is 0.234. The Morgan fingerprint density at radius 3 is 2.73 bits per heavy atom. The Kier molecular flexibility index (Phi) is 5.40. The summed E-state index contributed by atoms with van der Waals surface area (Å²) in [5.74, 6) is 1.09. The van der Waals surface area contributed by atoms with Crippen molar-refractivity contribution in [1.29, 1.82) is 0 Å². The molecule has 2 aromatic carbocycles. The zero-order chi connectivity index (χ0) is 21.1. The Morgan fingerprint density at radius 2 is 1.97 bits per heavy atom. The maximum atomic E-state index is 11.3. The Balaban J connectivity index is 1.49. The van der Waals surface area contributed by atoms with Gasteiger partial charge in [0, 0.05) is 28.1 Å². The van der Waals surface area contributed by atoms with Crippen LogP contribution in [0.1, 0.15) is 16.9 Å². The number of nitro groups is 1. The Bertz CT molecular complexity index is 1230. The van der Waals surface area contributed by atoms with Crippen LogP contribution in [0, 0.1) is 24.0 Å². The number of benzene rings is 2. The van der Waals surface area contributed by atoms with Crippen molar-refractivity contribution in [2.24, 2.45) is 5.10 Å². The molecule has 0 fully saturated rings. The smallest absolute Gasteiger partial charge is 0.273 e. The summed E-state index contributed by atoms with van der Waals surface area (Å²) < 4.78 is 5.82. The SMILES string of the molecule is Cc1cc(-c2ccc(/C=N/Nc3nc(-c4ccccc4)cs3)o2)c(C)c([N+](=O)[O-])c1. The lowest BCUT2D eigenvalue weighted by molar-refractivity contribution is -0.385. The predicted octanol–water partition coefficient (Wildman–Crippen LogP) is 6.04. The van der Waals surface area contributed by atoms with E-state index in [1.54, 1.807) is 31.3 Å². The molecule has 30 heavy (non-hydrogen) atoms. The molecule has 0 amide bonds. The minimum Gasteiger partial charge on any atom is -0.455 e. The van der Waals surface area contributed by atoms with E-state index in [2.05, 4.69) is 15.5 Å². The van der Waals surface area contributed by atoms with Gasteiger partial charge in [-0.1, -0.05) is 30.3 Å². The molecular weight excluding hydrogens is 400 g/mol. The van der Waals surface area contributed by atoms with Crippen LogP contribution in [0.25, 0.3) is 22.6 Å². The number of hydrogen-bond acceptors (Lipinski definition) is 7. The average molecular weight is 418 g/mol. The summed E-state index contributed by atoms with van der Waals surface area (Å²) in [4.78, 5) is 15.4. The maximum absolute atomic E-state index is 11.3. The minimum atomic E-state index is -0.376. The van der Waals surface area contributed by atoms with Gasteiger partial charge in [0.25, 0.3) is 5.69 Å². The second kappa shape index (κ2) is 8.30. The van der Waals surface area contributed by atoms with Crippen LogP contribution in [0.15, 0.2) is 69.5 Å². The Morgan fingerprint density at radius 1 is 1.17 bits per heavy atom. The molecule has 1 N–H and O–H groups in total. The van der Waals surface area contributed by atoms with Gasteiger partial charge < -0.3 is 4.42 Å². The molecule has 2 heterocycles. The fraction of sp³-hybridized carbons (Fsp3) is 0.0909. The molecule has 8 heteroatoms. The van der Waals surface area contributed by atoms with E-state index in [9.17, 15) is 10.1 Å². The van der Waals surface area contributed by atoms with Crippen LogP contribution in [0.2, 0.25) is 0 Å². The van der Waals surface area contributed by atoms with Crippen molar-refractivity contribution in [2.75, 3.05) is 5.43 Å². The molecule has 4 aromatic rings. The standard InChI is InChI=1S/C22H18N4O3S/c1-14-10-18(15(2)20(11-14)26(27)28)21-9-8-17(29-21)12-23-25-22-24-19(13-30-22)16-6-4-3-5-7-16/h3-13H,1-2H3,(H,24,25)/b23-12+. The fourth-order valence-electron chi connectivity index (χ4n) is 3.07. The van der Waals surface area contributed by atoms with Crippen molar-refractivity contribution >= 4 is 28.4 Å². The zero-order valence-corrected chi connectivity index (χ0v) is 17.1. The summed E-state index contributed by atoms with van der Waals surface area (Å²) >= 11 is 1.46. The van der Waals surface area contributed by atoms with Crippen molar-refractivity contribution in [3.05, 3.63) is 87.0 Å². The van der Waals surface area contributed by atoms with Crippen LogP contribution in [0.4, 0.5) is 10.8 Å². The molecule has 2 aromatic heterocycles. The number of nitrogens with one attached hydrogen (secondary N) is 1. The highest BCUT2D eigenvalue weighted by Crippen LogP contribution is 2.32. The normalized spacial score (nSPS) is 11.1. The first-order valence-corrected chi connectivity index (χ1v) is 10.0. The number of aryl methyl sites for hydroxylation is 1. The largest absolute Gasteiger partial charge is 0.455 e. The molecule has 0 aliphatic heterocycles. The number of anilines is 1. The van der Waals surface area contributed by atoms with Gasteiger partial charge in [0.2, 0.25) is 5.13 Å². The molecule has 0 bridgehead atoms. The summed E-state index contributed by atoms with van der Waals surface area (Å²) in [5.41, 5.74) is 6.98. The second-order valence-electron chi connectivity index (χ2n) is 6.69. The van der Waals surface area contributed by atoms with Crippen molar-refractivity contribution in [3.63, 3.8) is 0 Å². The fourth-order valence-corrected chi connectivity index (χ4v) is 3.74. The van der Waals surface area contributed by atoms with E-state index in [1.807, 2.05) is 48.7 Å². The number of rotatable bonds is 6. The third kappa shape index (κ3) is 4.13. The summed E-state index contributed by atoms with van der Waals surface area (Å²) in [5, 5.41) is 18.1. The number of furan rings is 1. The molecule has 0 spiro atoms. The second-order valence-corrected chi connectivity index (χ2v) is 7.55. The van der Waals surface area contributed by atoms with E-state index in [0.717, 1.165) is 16.8 Å². The highest BCUT2D eigenvalue weighted by molar-refractivity contribution is 7.14. The van der Waals surface area contributed by atoms with E-state index in [0.29, 0.717) is 27.8 Å². The van der Waals surface area contributed by atoms with E-state index in [1.165, 1.54) is 11.3 Å². The molecular formula is C22H18N4O3S. The molecule has 150 valence electrons. The van der Waals surface area contributed by atoms with E-state index < -0.39 is 0 Å². The number of hydrazone groups is 1. The summed E-state index contributed by atoms with van der Waals surface area (Å²) in [7, 11) is 0. The number of thiazole rings is 1. The maximum Gasteiger partial charge on any atom is 0.273 e. The first kappa shape index (κ1) is 19.5. The average Bonchev–Trinajstić information content (AvgIpc) is 3.40.